The first-order chi connectivity index (χ1) is 13.8. The maximum Gasteiger partial charge on any atom is 0.270 e. The van der Waals surface area contributed by atoms with Gasteiger partial charge in [-0.2, -0.15) is 0 Å². The zero-order chi connectivity index (χ0) is 21.0. The molecule has 2 amide bonds. The molecule has 1 fully saturated rings. The van der Waals surface area contributed by atoms with Gasteiger partial charge in [0, 0.05) is 18.2 Å². The minimum atomic E-state index is -0.584. The average Bonchev–Trinajstić information content (AvgIpc) is 2.69. The van der Waals surface area contributed by atoms with E-state index in [-0.39, 0.29) is 28.2 Å². The van der Waals surface area contributed by atoms with E-state index >= 15 is 0 Å². The first-order valence-electron chi connectivity index (χ1n) is 9.50. The fraction of sp³-hybridized carbons (Fsp3) is 0.333. The third-order valence-electron chi connectivity index (χ3n) is 5.18. The molecule has 29 heavy (non-hydrogen) atoms. The molecule has 0 radical (unpaired) electrons. The molecule has 0 bridgehead atoms. The van der Waals surface area contributed by atoms with Gasteiger partial charge in [-0.25, -0.2) is 0 Å². The lowest BCUT2D eigenvalue weighted by molar-refractivity contribution is -0.384. The highest BCUT2D eigenvalue weighted by Crippen LogP contribution is 2.26. The number of carbonyl (C=O) groups excluding carboxylic acids is 2. The van der Waals surface area contributed by atoms with Crippen LogP contribution in [0, 0.1) is 16.0 Å². The van der Waals surface area contributed by atoms with E-state index < -0.39 is 10.8 Å². The number of halogens is 1. The predicted molar refractivity (Wildman–Crippen MR) is 111 cm³/mol. The van der Waals surface area contributed by atoms with Gasteiger partial charge in [-0.1, -0.05) is 30.7 Å². The maximum atomic E-state index is 12.8. The molecule has 0 heterocycles. The van der Waals surface area contributed by atoms with Gasteiger partial charge >= 0.3 is 0 Å². The molecule has 2 aromatic rings. The summed E-state index contributed by atoms with van der Waals surface area (Å²) in [5.41, 5.74) is 0.605. The van der Waals surface area contributed by atoms with E-state index in [2.05, 4.69) is 17.6 Å². The number of anilines is 1. The number of rotatable bonds is 5. The number of benzene rings is 2. The lowest BCUT2D eigenvalue weighted by Gasteiger charge is -2.27. The van der Waals surface area contributed by atoms with Crippen LogP contribution in [0.5, 0.6) is 0 Å². The second-order valence-electron chi connectivity index (χ2n) is 7.35. The summed E-state index contributed by atoms with van der Waals surface area (Å²) >= 11 is 6.03. The van der Waals surface area contributed by atoms with Gasteiger partial charge in [-0.3, -0.25) is 19.7 Å². The van der Waals surface area contributed by atoms with Crippen molar-refractivity contribution in [2.75, 3.05) is 5.32 Å². The van der Waals surface area contributed by atoms with Crippen molar-refractivity contribution in [2.24, 2.45) is 5.92 Å². The molecule has 1 saturated carbocycles. The number of hydrogen-bond donors (Lipinski definition) is 2. The summed E-state index contributed by atoms with van der Waals surface area (Å²) in [5, 5.41) is 16.5. The summed E-state index contributed by atoms with van der Waals surface area (Å²) in [6.45, 7) is 2.21. The van der Waals surface area contributed by atoms with Gasteiger partial charge in [-0.15, -0.1) is 0 Å². The molecule has 0 aromatic heterocycles. The third-order valence-corrected chi connectivity index (χ3v) is 5.49. The number of nitro groups is 1. The second-order valence-corrected chi connectivity index (χ2v) is 7.76. The summed E-state index contributed by atoms with van der Waals surface area (Å²) in [5.74, 6) is -0.104. The van der Waals surface area contributed by atoms with Crippen molar-refractivity contribution >= 4 is 34.8 Å². The second kappa shape index (κ2) is 9.05. The van der Waals surface area contributed by atoms with Crippen molar-refractivity contribution in [1.82, 2.24) is 5.32 Å². The van der Waals surface area contributed by atoms with E-state index in [1.165, 1.54) is 12.1 Å². The maximum absolute atomic E-state index is 12.8. The third kappa shape index (κ3) is 5.12. The number of nitro benzene ring substituents is 1. The van der Waals surface area contributed by atoms with Crippen LogP contribution in [0.25, 0.3) is 0 Å². The zero-order valence-corrected chi connectivity index (χ0v) is 16.7. The van der Waals surface area contributed by atoms with Crippen molar-refractivity contribution in [3.8, 4) is 0 Å². The summed E-state index contributed by atoms with van der Waals surface area (Å²) in [6.07, 6.45) is 4.06. The highest BCUT2D eigenvalue weighted by molar-refractivity contribution is 6.34. The van der Waals surface area contributed by atoms with Gasteiger partial charge in [0.2, 0.25) is 0 Å². The first kappa shape index (κ1) is 20.8. The van der Waals surface area contributed by atoms with E-state index in [0.29, 0.717) is 17.2 Å². The van der Waals surface area contributed by atoms with Crippen LogP contribution in [0.1, 0.15) is 53.3 Å². The minimum Gasteiger partial charge on any atom is -0.349 e. The van der Waals surface area contributed by atoms with E-state index in [4.69, 9.17) is 11.6 Å². The minimum absolute atomic E-state index is 0.0324. The average molecular weight is 416 g/mol. The molecule has 8 heteroatoms. The fourth-order valence-corrected chi connectivity index (χ4v) is 3.71. The van der Waals surface area contributed by atoms with Gasteiger partial charge in [0.1, 0.15) is 0 Å². The topological polar surface area (TPSA) is 101 Å². The number of hydrogen-bond acceptors (Lipinski definition) is 4. The SMILES string of the molecule is CC1CCC(NC(=O)c2ccccc2NC(=O)c2ccc([N+](=O)[O-])cc2Cl)CC1. The van der Waals surface area contributed by atoms with Crippen molar-refractivity contribution in [2.45, 2.75) is 38.6 Å². The van der Waals surface area contributed by atoms with Crippen LogP contribution in [0.3, 0.4) is 0 Å². The Kier molecular flexibility index (Phi) is 6.49. The fourth-order valence-electron chi connectivity index (χ4n) is 3.45. The highest BCUT2D eigenvalue weighted by atomic mass is 35.5. The number of nitrogens with one attached hydrogen (secondary N) is 2. The molecular formula is C21H22ClN3O4. The summed E-state index contributed by atoms with van der Waals surface area (Å²) in [4.78, 5) is 35.6. The van der Waals surface area contributed by atoms with E-state index in [1.54, 1.807) is 24.3 Å². The van der Waals surface area contributed by atoms with E-state index in [9.17, 15) is 19.7 Å². The zero-order valence-electron chi connectivity index (χ0n) is 16.0. The Bertz CT molecular complexity index is 939. The van der Waals surface area contributed by atoms with Gasteiger partial charge in [0.15, 0.2) is 0 Å². The Morgan fingerprint density at radius 3 is 2.38 bits per heavy atom. The van der Waals surface area contributed by atoms with E-state index in [0.717, 1.165) is 31.7 Å². The summed E-state index contributed by atoms with van der Waals surface area (Å²) in [7, 11) is 0. The quantitative estimate of drug-likeness (QED) is 0.540. The number of para-hydroxylation sites is 1. The summed E-state index contributed by atoms with van der Waals surface area (Å²) < 4.78 is 0. The molecule has 1 aliphatic carbocycles. The standard InChI is InChI=1S/C21H22ClN3O4/c1-13-6-8-14(9-7-13)23-21(27)17-4-2-3-5-19(17)24-20(26)16-11-10-15(25(28)29)12-18(16)22/h2-5,10-14H,6-9H2,1H3,(H,23,27)(H,24,26). The highest BCUT2D eigenvalue weighted by Gasteiger charge is 2.22. The molecule has 1 aliphatic rings. The smallest absolute Gasteiger partial charge is 0.270 e. The van der Waals surface area contributed by atoms with Gasteiger partial charge in [0.05, 0.1) is 26.8 Å². The lowest BCUT2D eigenvalue weighted by Crippen LogP contribution is -2.37. The molecule has 0 unspecified atom stereocenters. The molecule has 0 spiro atoms. The molecule has 2 N–H and O–H groups in total. The van der Waals surface area contributed by atoms with Crippen LogP contribution in [0.2, 0.25) is 5.02 Å². The molecule has 0 saturated heterocycles. The molecule has 7 nitrogen and oxygen atoms in total. The van der Waals surface area contributed by atoms with Crippen LogP contribution in [-0.2, 0) is 0 Å². The molecule has 0 atom stereocenters. The van der Waals surface area contributed by atoms with Crippen molar-refractivity contribution in [3.05, 3.63) is 68.7 Å². The van der Waals surface area contributed by atoms with Crippen molar-refractivity contribution < 1.29 is 14.5 Å². The number of nitrogens with zero attached hydrogens (tertiary/aromatic N) is 1. The summed E-state index contributed by atoms with van der Waals surface area (Å²) in [6, 6.07) is 10.5. The van der Waals surface area contributed by atoms with Crippen molar-refractivity contribution in [1.29, 1.82) is 0 Å². The Labute approximate surface area is 173 Å². The Hall–Kier alpha value is -2.93. The molecule has 2 aromatic carbocycles. The molecule has 0 aliphatic heterocycles. The van der Waals surface area contributed by atoms with Gasteiger partial charge in [0.25, 0.3) is 17.5 Å². The van der Waals surface area contributed by atoms with Crippen LogP contribution in [0.4, 0.5) is 11.4 Å². The first-order valence-corrected chi connectivity index (χ1v) is 9.88. The largest absolute Gasteiger partial charge is 0.349 e. The van der Waals surface area contributed by atoms with E-state index in [1.807, 2.05) is 0 Å². The Balaban J connectivity index is 1.74. The Morgan fingerprint density at radius 2 is 1.72 bits per heavy atom. The number of carbonyl (C=O) groups is 2. The van der Waals surface area contributed by atoms with Gasteiger partial charge < -0.3 is 10.6 Å². The van der Waals surface area contributed by atoms with Crippen LogP contribution in [0.15, 0.2) is 42.5 Å². The normalized spacial score (nSPS) is 18.7. The monoisotopic (exact) mass is 415 g/mol. The van der Waals surface area contributed by atoms with Crippen LogP contribution < -0.4 is 10.6 Å². The predicted octanol–water partition coefficient (Wildman–Crippen LogP) is 4.81. The van der Waals surface area contributed by atoms with Gasteiger partial charge in [-0.05, 0) is 49.8 Å². The molecule has 3 rings (SSSR count). The molecule has 152 valence electrons. The number of amides is 2. The van der Waals surface area contributed by atoms with Crippen LogP contribution >= 0.6 is 11.6 Å². The lowest BCUT2D eigenvalue weighted by atomic mass is 9.87. The van der Waals surface area contributed by atoms with Crippen molar-refractivity contribution in [3.63, 3.8) is 0 Å². The van der Waals surface area contributed by atoms with Crippen LogP contribution in [-0.4, -0.2) is 22.8 Å². The molecular weight excluding hydrogens is 394 g/mol. The number of non-ortho nitro benzene ring substituents is 1. The Morgan fingerprint density at radius 1 is 1.03 bits per heavy atom.